The SMILES string of the molecule is C=C(/C=C\C(=C/N)Cc1noc(-c2cnn(CC(=O)NC3CCOCC3)c2)n1)c1cnc(N)nc1. The van der Waals surface area contributed by atoms with Gasteiger partial charge in [0.15, 0.2) is 5.82 Å². The molecule has 5 N–H and O–H groups in total. The van der Waals surface area contributed by atoms with Gasteiger partial charge in [-0.2, -0.15) is 10.1 Å². The molecule has 0 spiro atoms. The van der Waals surface area contributed by atoms with Crippen LogP contribution in [0.5, 0.6) is 0 Å². The van der Waals surface area contributed by atoms with E-state index in [-0.39, 0.29) is 24.4 Å². The second-order valence-electron chi connectivity index (χ2n) is 8.00. The van der Waals surface area contributed by atoms with Crippen molar-refractivity contribution in [3.05, 3.63) is 66.7 Å². The minimum Gasteiger partial charge on any atom is -0.404 e. The Morgan fingerprint density at radius 3 is 2.74 bits per heavy atom. The van der Waals surface area contributed by atoms with E-state index in [1.807, 2.05) is 6.08 Å². The zero-order valence-corrected chi connectivity index (χ0v) is 19.1. The van der Waals surface area contributed by atoms with Crippen LogP contribution >= 0.6 is 0 Å². The number of amides is 1. The Labute approximate surface area is 201 Å². The fourth-order valence-corrected chi connectivity index (χ4v) is 3.43. The quantitative estimate of drug-likeness (QED) is 0.381. The normalized spacial score (nSPS) is 14.9. The summed E-state index contributed by atoms with van der Waals surface area (Å²) in [5.41, 5.74) is 14.1. The average Bonchev–Trinajstić information content (AvgIpc) is 3.52. The van der Waals surface area contributed by atoms with E-state index in [0.717, 1.165) is 24.0 Å². The number of carbonyl (C=O) groups is 1. The summed E-state index contributed by atoms with van der Waals surface area (Å²) in [6.07, 6.45) is 13.5. The van der Waals surface area contributed by atoms with Crippen LogP contribution in [0.15, 0.2) is 59.8 Å². The number of ether oxygens (including phenoxy) is 1. The first-order valence-corrected chi connectivity index (χ1v) is 11.1. The maximum Gasteiger partial charge on any atom is 0.261 e. The number of aromatic nitrogens is 6. The molecule has 4 heterocycles. The minimum absolute atomic E-state index is 0.102. The fraction of sp³-hybridized carbons (Fsp3) is 0.304. The Hall–Kier alpha value is -4.32. The van der Waals surface area contributed by atoms with Gasteiger partial charge in [0.2, 0.25) is 11.9 Å². The van der Waals surface area contributed by atoms with E-state index in [1.165, 1.54) is 10.9 Å². The highest BCUT2D eigenvalue weighted by Gasteiger charge is 2.17. The van der Waals surface area contributed by atoms with E-state index in [0.29, 0.717) is 42.5 Å². The number of allylic oxidation sites excluding steroid dienone is 4. The molecule has 1 saturated heterocycles. The fourth-order valence-electron chi connectivity index (χ4n) is 3.43. The molecule has 0 radical (unpaired) electrons. The minimum atomic E-state index is -0.102. The number of anilines is 1. The first-order chi connectivity index (χ1) is 17.0. The van der Waals surface area contributed by atoms with Crippen molar-refractivity contribution in [1.29, 1.82) is 0 Å². The molecule has 182 valence electrons. The molecule has 1 aliphatic rings. The summed E-state index contributed by atoms with van der Waals surface area (Å²) in [5.74, 6) is 0.854. The topological polar surface area (TPSA) is 173 Å². The molecule has 0 unspecified atom stereocenters. The van der Waals surface area contributed by atoms with Crippen molar-refractivity contribution in [2.45, 2.75) is 31.8 Å². The van der Waals surface area contributed by atoms with Gasteiger partial charge in [-0.05, 0) is 30.2 Å². The molecule has 0 bridgehead atoms. The third-order valence-electron chi connectivity index (χ3n) is 5.36. The number of carbonyl (C=O) groups excluding carboxylic acids is 1. The van der Waals surface area contributed by atoms with E-state index >= 15 is 0 Å². The summed E-state index contributed by atoms with van der Waals surface area (Å²) in [6, 6.07) is 0.139. The molecule has 1 aliphatic heterocycles. The van der Waals surface area contributed by atoms with E-state index in [1.54, 1.807) is 30.9 Å². The molecule has 1 amide bonds. The van der Waals surface area contributed by atoms with Crippen LogP contribution in [0.3, 0.4) is 0 Å². The second kappa shape index (κ2) is 11.2. The predicted molar refractivity (Wildman–Crippen MR) is 128 cm³/mol. The van der Waals surface area contributed by atoms with Crippen molar-refractivity contribution < 1.29 is 14.1 Å². The van der Waals surface area contributed by atoms with E-state index < -0.39 is 0 Å². The van der Waals surface area contributed by atoms with E-state index in [4.69, 9.17) is 20.7 Å². The average molecular weight is 478 g/mol. The molecule has 0 saturated carbocycles. The maximum atomic E-state index is 12.3. The highest BCUT2D eigenvalue weighted by Crippen LogP contribution is 2.18. The van der Waals surface area contributed by atoms with Gasteiger partial charge in [-0.25, -0.2) is 9.97 Å². The first kappa shape index (κ1) is 23.8. The van der Waals surface area contributed by atoms with Crippen molar-refractivity contribution in [2.24, 2.45) is 5.73 Å². The van der Waals surface area contributed by atoms with Crippen LogP contribution in [-0.4, -0.2) is 55.1 Å². The smallest absolute Gasteiger partial charge is 0.261 e. The van der Waals surface area contributed by atoms with Crippen LogP contribution in [0.2, 0.25) is 0 Å². The molecule has 0 atom stereocenters. The Morgan fingerprint density at radius 1 is 1.23 bits per heavy atom. The van der Waals surface area contributed by atoms with Crippen LogP contribution in [0.25, 0.3) is 17.0 Å². The van der Waals surface area contributed by atoms with Gasteiger partial charge in [0.05, 0.1) is 11.8 Å². The van der Waals surface area contributed by atoms with Gasteiger partial charge < -0.3 is 26.0 Å². The molecular weight excluding hydrogens is 450 g/mol. The molecule has 12 heteroatoms. The van der Waals surface area contributed by atoms with Crippen molar-refractivity contribution >= 4 is 17.4 Å². The molecule has 0 aromatic carbocycles. The monoisotopic (exact) mass is 477 g/mol. The van der Waals surface area contributed by atoms with Crippen LogP contribution in [0.4, 0.5) is 5.95 Å². The lowest BCUT2D eigenvalue weighted by Crippen LogP contribution is -2.40. The summed E-state index contributed by atoms with van der Waals surface area (Å²) in [7, 11) is 0. The van der Waals surface area contributed by atoms with Crippen molar-refractivity contribution in [2.75, 3.05) is 18.9 Å². The number of nitrogens with one attached hydrogen (secondary N) is 1. The standard InChI is InChI=1S/C23H27N9O3/c1-15(17-10-26-23(25)27-11-17)2-3-16(9-24)8-20-30-22(35-31-20)18-12-28-32(13-18)14-21(33)29-19-4-6-34-7-5-19/h2-3,9-13,19H,1,4-8,14,24H2,(H,29,33)(H2,25,26,27)/b3-2-,16-9+. The second-order valence-corrected chi connectivity index (χ2v) is 8.00. The van der Waals surface area contributed by atoms with Crippen LogP contribution in [-0.2, 0) is 22.5 Å². The number of hydrogen-bond acceptors (Lipinski definition) is 10. The lowest BCUT2D eigenvalue weighted by atomic mass is 10.1. The third kappa shape index (κ3) is 6.60. The van der Waals surface area contributed by atoms with Gasteiger partial charge in [0.1, 0.15) is 6.54 Å². The number of nitrogens with zero attached hydrogens (tertiary/aromatic N) is 6. The Morgan fingerprint density at radius 2 is 2.00 bits per heavy atom. The molecule has 12 nitrogen and oxygen atoms in total. The molecular formula is C23H27N9O3. The van der Waals surface area contributed by atoms with E-state index in [9.17, 15) is 4.79 Å². The lowest BCUT2D eigenvalue weighted by molar-refractivity contribution is -0.123. The highest BCUT2D eigenvalue weighted by atomic mass is 16.5. The van der Waals surface area contributed by atoms with Crippen molar-refractivity contribution in [3.8, 4) is 11.5 Å². The molecule has 3 aromatic heterocycles. The van der Waals surface area contributed by atoms with E-state index in [2.05, 4.69) is 37.1 Å². The summed E-state index contributed by atoms with van der Waals surface area (Å²) < 4.78 is 12.2. The molecule has 3 aromatic rings. The summed E-state index contributed by atoms with van der Waals surface area (Å²) in [6.45, 7) is 5.43. The van der Waals surface area contributed by atoms with Crippen LogP contribution < -0.4 is 16.8 Å². The van der Waals surface area contributed by atoms with Crippen LogP contribution in [0.1, 0.15) is 24.2 Å². The van der Waals surface area contributed by atoms with Gasteiger partial charge in [0.25, 0.3) is 5.89 Å². The first-order valence-electron chi connectivity index (χ1n) is 11.1. The zero-order valence-electron chi connectivity index (χ0n) is 19.1. The van der Waals surface area contributed by atoms with Crippen molar-refractivity contribution in [1.82, 2.24) is 35.2 Å². The number of rotatable bonds is 9. The summed E-state index contributed by atoms with van der Waals surface area (Å²) in [4.78, 5) is 24.6. The van der Waals surface area contributed by atoms with Gasteiger partial charge in [-0.1, -0.05) is 23.9 Å². The van der Waals surface area contributed by atoms with Crippen LogP contribution in [0, 0.1) is 0 Å². The Kier molecular flexibility index (Phi) is 7.63. The maximum absolute atomic E-state index is 12.3. The summed E-state index contributed by atoms with van der Waals surface area (Å²) in [5, 5.41) is 11.3. The van der Waals surface area contributed by atoms with Crippen molar-refractivity contribution in [3.63, 3.8) is 0 Å². The van der Waals surface area contributed by atoms with Gasteiger partial charge in [-0.15, -0.1) is 0 Å². The lowest BCUT2D eigenvalue weighted by Gasteiger charge is -2.23. The molecule has 1 fully saturated rings. The number of hydrogen-bond donors (Lipinski definition) is 3. The molecule has 4 rings (SSSR count). The third-order valence-corrected chi connectivity index (χ3v) is 5.36. The van der Waals surface area contributed by atoms with Gasteiger partial charge in [-0.3, -0.25) is 9.48 Å². The largest absolute Gasteiger partial charge is 0.404 e. The Balaban J connectivity index is 1.32. The highest BCUT2D eigenvalue weighted by molar-refractivity contribution is 5.76. The Bertz CT molecular complexity index is 1220. The van der Waals surface area contributed by atoms with Gasteiger partial charge in [0, 0.05) is 49.8 Å². The molecule has 0 aliphatic carbocycles. The summed E-state index contributed by atoms with van der Waals surface area (Å²) >= 11 is 0. The predicted octanol–water partition coefficient (Wildman–Crippen LogP) is 1.26. The number of nitrogen functional groups attached to an aromatic ring is 1. The number of nitrogens with two attached hydrogens (primary N) is 2. The van der Waals surface area contributed by atoms with Gasteiger partial charge >= 0.3 is 0 Å². The molecule has 35 heavy (non-hydrogen) atoms. The zero-order chi connectivity index (χ0) is 24.6.